The van der Waals surface area contributed by atoms with E-state index in [1.54, 1.807) is 30.3 Å². The average Bonchev–Trinajstić information content (AvgIpc) is 2.82. The zero-order valence-corrected chi connectivity index (χ0v) is 21.9. The number of aryl methyl sites for hydroxylation is 3. The maximum Gasteiger partial charge on any atom is 0.264 e. The van der Waals surface area contributed by atoms with Gasteiger partial charge >= 0.3 is 0 Å². The summed E-state index contributed by atoms with van der Waals surface area (Å²) < 4.78 is 34.2. The fourth-order valence-electron chi connectivity index (χ4n) is 3.75. The molecule has 0 aliphatic carbocycles. The molecule has 0 fully saturated rings. The van der Waals surface area contributed by atoms with Gasteiger partial charge in [-0.05, 0) is 67.6 Å². The Labute approximate surface area is 209 Å². The Kier molecular flexibility index (Phi) is 8.57. The molecule has 1 amide bonds. The Bertz CT molecular complexity index is 1270. The third-order valence-electron chi connectivity index (χ3n) is 5.75. The Morgan fingerprint density at radius 1 is 0.943 bits per heavy atom. The SMILES string of the molecule is Cc1ccc(S(=O)(=O)N(CC(=O)NCCOc2ccccc2C(C)C)c2cc(C)ccc2C)cc1. The van der Waals surface area contributed by atoms with Crippen molar-refractivity contribution in [2.45, 2.75) is 45.4 Å². The molecule has 35 heavy (non-hydrogen) atoms. The van der Waals surface area contributed by atoms with Gasteiger partial charge in [0.2, 0.25) is 5.91 Å². The van der Waals surface area contributed by atoms with Gasteiger partial charge in [0.15, 0.2) is 0 Å². The van der Waals surface area contributed by atoms with Gasteiger partial charge in [0, 0.05) is 0 Å². The van der Waals surface area contributed by atoms with Gasteiger partial charge < -0.3 is 10.1 Å². The summed E-state index contributed by atoms with van der Waals surface area (Å²) in [6.45, 7) is 10.0. The van der Waals surface area contributed by atoms with Gasteiger partial charge in [0.05, 0.1) is 17.1 Å². The molecule has 3 aromatic rings. The smallest absolute Gasteiger partial charge is 0.264 e. The molecular weight excluding hydrogens is 460 g/mol. The van der Waals surface area contributed by atoms with Crippen LogP contribution in [0.3, 0.4) is 0 Å². The van der Waals surface area contributed by atoms with Crippen LogP contribution < -0.4 is 14.4 Å². The third kappa shape index (κ3) is 6.63. The largest absolute Gasteiger partial charge is 0.491 e. The molecule has 0 bridgehead atoms. The number of nitrogens with one attached hydrogen (secondary N) is 1. The predicted octanol–water partition coefficient (Wildman–Crippen LogP) is 5.13. The summed E-state index contributed by atoms with van der Waals surface area (Å²) in [5.74, 6) is 0.706. The molecule has 7 heteroatoms. The van der Waals surface area contributed by atoms with E-state index in [9.17, 15) is 13.2 Å². The van der Waals surface area contributed by atoms with Crippen LogP contribution in [0, 0.1) is 20.8 Å². The topological polar surface area (TPSA) is 75.7 Å². The van der Waals surface area contributed by atoms with Gasteiger partial charge in [-0.15, -0.1) is 0 Å². The first-order valence-corrected chi connectivity index (χ1v) is 13.2. The van der Waals surface area contributed by atoms with Crippen LogP contribution in [-0.4, -0.2) is 34.0 Å². The molecule has 0 saturated heterocycles. The second-order valence-electron chi connectivity index (χ2n) is 9.01. The zero-order valence-electron chi connectivity index (χ0n) is 21.0. The first-order valence-electron chi connectivity index (χ1n) is 11.7. The molecule has 1 N–H and O–H groups in total. The number of carbonyl (C=O) groups excluding carboxylic acids is 1. The van der Waals surface area contributed by atoms with Crippen LogP contribution >= 0.6 is 0 Å². The molecule has 0 heterocycles. The van der Waals surface area contributed by atoms with Gasteiger partial charge in [-0.3, -0.25) is 9.10 Å². The highest BCUT2D eigenvalue weighted by Gasteiger charge is 2.28. The second-order valence-corrected chi connectivity index (χ2v) is 10.9. The van der Waals surface area contributed by atoms with Gasteiger partial charge in [-0.25, -0.2) is 8.42 Å². The van der Waals surface area contributed by atoms with Gasteiger partial charge in [0.1, 0.15) is 18.9 Å². The fraction of sp³-hybridized carbons (Fsp3) is 0.321. The van der Waals surface area contributed by atoms with Crippen LogP contribution in [-0.2, 0) is 14.8 Å². The number of para-hydroxylation sites is 1. The number of ether oxygens (including phenoxy) is 1. The number of nitrogens with zero attached hydrogens (tertiary/aromatic N) is 1. The first kappa shape index (κ1) is 26.3. The van der Waals surface area contributed by atoms with Crippen LogP contribution in [0.25, 0.3) is 0 Å². The van der Waals surface area contributed by atoms with Crippen molar-refractivity contribution >= 4 is 21.6 Å². The number of hydrogen-bond donors (Lipinski definition) is 1. The number of rotatable bonds is 10. The number of carbonyl (C=O) groups is 1. The van der Waals surface area contributed by atoms with Crippen LogP contribution in [0.15, 0.2) is 71.6 Å². The van der Waals surface area contributed by atoms with E-state index in [1.807, 2.05) is 57.2 Å². The number of hydrogen-bond acceptors (Lipinski definition) is 4. The molecule has 6 nitrogen and oxygen atoms in total. The lowest BCUT2D eigenvalue weighted by atomic mass is 10.0. The molecule has 0 radical (unpaired) electrons. The minimum absolute atomic E-state index is 0.144. The van der Waals surface area contributed by atoms with E-state index < -0.39 is 15.9 Å². The summed E-state index contributed by atoms with van der Waals surface area (Å²) in [5.41, 5.74) is 4.23. The van der Waals surface area contributed by atoms with E-state index in [0.29, 0.717) is 11.6 Å². The lowest BCUT2D eigenvalue weighted by Gasteiger charge is -2.26. The van der Waals surface area contributed by atoms with Crippen LogP contribution in [0.5, 0.6) is 5.75 Å². The van der Waals surface area contributed by atoms with Crippen LogP contribution in [0.1, 0.15) is 42.0 Å². The van der Waals surface area contributed by atoms with E-state index in [2.05, 4.69) is 19.2 Å². The van der Waals surface area contributed by atoms with E-state index in [-0.39, 0.29) is 24.6 Å². The van der Waals surface area contributed by atoms with Crippen molar-refractivity contribution in [3.05, 3.63) is 89.0 Å². The highest BCUT2D eigenvalue weighted by atomic mass is 32.2. The second kappa shape index (κ2) is 11.4. The molecule has 0 aliphatic heterocycles. The van der Waals surface area contributed by atoms with Crippen molar-refractivity contribution in [2.75, 3.05) is 24.0 Å². The maximum atomic E-state index is 13.6. The van der Waals surface area contributed by atoms with Gasteiger partial charge in [0.25, 0.3) is 10.0 Å². The Morgan fingerprint density at radius 2 is 1.60 bits per heavy atom. The van der Waals surface area contributed by atoms with Crippen molar-refractivity contribution in [1.82, 2.24) is 5.32 Å². The summed E-state index contributed by atoms with van der Waals surface area (Å²) in [4.78, 5) is 13.0. The third-order valence-corrected chi connectivity index (χ3v) is 7.53. The minimum Gasteiger partial charge on any atom is -0.491 e. The maximum absolute atomic E-state index is 13.6. The molecule has 0 unspecified atom stereocenters. The van der Waals surface area contributed by atoms with Crippen molar-refractivity contribution in [3.8, 4) is 5.75 Å². The van der Waals surface area contributed by atoms with Gasteiger partial charge in [-0.2, -0.15) is 0 Å². The van der Waals surface area contributed by atoms with Crippen molar-refractivity contribution in [3.63, 3.8) is 0 Å². The van der Waals surface area contributed by atoms with Crippen molar-refractivity contribution in [1.29, 1.82) is 0 Å². The highest BCUT2D eigenvalue weighted by molar-refractivity contribution is 7.92. The number of amides is 1. The molecular formula is C28H34N2O4S. The number of anilines is 1. The average molecular weight is 495 g/mol. The first-order chi connectivity index (χ1) is 16.6. The van der Waals surface area contributed by atoms with Crippen LogP contribution in [0.4, 0.5) is 5.69 Å². The monoisotopic (exact) mass is 494 g/mol. The van der Waals surface area contributed by atoms with Crippen molar-refractivity contribution in [2.24, 2.45) is 0 Å². The molecule has 3 aromatic carbocycles. The predicted molar refractivity (Wildman–Crippen MR) is 141 cm³/mol. The normalized spacial score (nSPS) is 11.4. The summed E-state index contributed by atoms with van der Waals surface area (Å²) in [6.07, 6.45) is 0. The molecule has 0 atom stereocenters. The van der Waals surface area contributed by atoms with E-state index in [1.165, 1.54) is 4.31 Å². The Hall–Kier alpha value is -3.32. The lowest BCUT2D eigenvalue weighted by molar-refractivity contribution is -0.119. The lowest BCUT2D eigenvalue weighted by Crippen LogP contribution is -2.42. The number of benzene rings is 3. The Morgan fingerprint density at radius 3 is 2.29 bits per heavy atom. The zero-order chi connectivity index (χ0) is 25.6. The fourth-order valence-corrected chi connectivity index (χ4v) is 5.23. The Balaban J connectivity index is 1.75. The van der Waals surface area contributed by atoms with E-state index in [0.717, 1.165) is 28.0 Å². The van der Waals surface area contributed by atoms with E-state index in [4.69, 9.17) is 4.74 Å². The molecule has 0 saturated carbocycles. The molecule has 0 spiro atoms. The number of sulfonamides is 1. The van der Waals surface area contributed by atoms with E-state index >= 15 is 0 Å². The minimum atomic E-state index is -3.95. The summed E-state index contributed by atoms with van der Waals surface area (Å²) in [7, 11) is -3.95. The molecule has 186 valence electrons. The molecule has 0 aliphatic rings. The summed E-state index contributed by atoms with van der Waals surface area (Å²) in [5, 5.41) is 2.80. The van der Waals surface area contributed by atoms with Crippen LogP contribution in [0.2, 0.25) is 0 Å². The molecule has 3 rings (SSSR count). The summed E-state index contributed by atoms with van der Waals surface area (Å²) in [6, 6.07) is 20.0. The van der Waals surface area contributed by atoms with Gasteiger partial charge in [-0.1, -0.05) is 61.9 Å². The quantitative estimate of drug-likeness (QED) is 0.397. The highest BCUT2D eigenvalue weighted by Crippen LogP contribution is 2.28. The van der Waals surface area contributed by atoms with Crippen molar-refractivity contribution < 1.29 is 17.9 Å². The summed E-state index contributed by atoms with van der Waals surface area (Å²) >= 11 is 0. The molecule has 0 aromatic heterocycles. The standard InChI is InChI=1S/C28H34N2O4S/c1-20(2)25-8-6-7-9-27(25)34-17-16-29-28(31)19-30(26-18-22(4)10-13-23(26)5)35(32,33)24-14-11-21(3)12-15-24/h6-15,18,20H,16-17,19H2,1-5H3,(H,29,31).